The molecule has 0 saturated heterocycles. The van der Waals surface area contributed by atoms with Crippen LogP contribution in [0.5, 0.6) is 0 Å². The number of nitrogens with zero attached hydrogens (tertiary/aromatic N) is 2. The van der Waals surface area contributed by atoms with E-state index in [9.17, 15) is 0 Å². The minimum absolute atomic E-state index is 0.453. The zero-order chi connectivity index (χ0) is 13.6. The van der Waals surface area contributed by atoms with Crippen LogP contribution in [-0.2, 0) is 0 Å². The predicted molar refractivity (Wildman–Crippen MR) is 77.3 cm³/mol. The van der Waals surface area contributed by atoms with Gasteiger partial charge in [0.1, 0.15) is 0 Å². The molecule has 18 heavy (non-hydrogen) atoms. The van der Waals surface area contributed by atoms with Gasteiger partial charge in [-0.3, -0.25) is 9.97 Å². The van der Waals surface area contributed by atoms with Gasteiger partial charge in [-0.1, -0.05) is 13.8 Å². The van der Waals surface area contributed by atoms with Crippen molar-refractivity contribution in [3.05, 3.63) is 33.8 Å². The average molecular weight is 242 g/mol. The van der Waals surface area contributed by atoms with Gasteiger partial charge >= 0.3 is 0 Å². The first kappa shape index (κ1) is 13.0. The molecule has 0 aliphatic heterocycles. The normalized spacial score (nSPS) is 11.6. The molecule has 2 rings (SSSR count). The quantitative estimate of drug-likeness (QED) is 0.745. The SMILES string of the molecule is Cc1nc2c(C(C)C)c(C)nc(C)c2c(C)c1C. The van der Waals surface area contributed by atoms with Gasteiger partial charge in [-0.25, -0.2) is 0 Å². The number of hydrogen-bond donors (Lipinski definition) is 0. The molecule has 0 fully saturated rings. The van der Waals surface area contributed by atoms with Crippen LogP contribution in [0.1, 0.15) is 53.5 Å². The lowest BCUT2D eigenvalue weighted by Crippen LogP contribution is -2.05. The number of hydrogen-bond acceptors (Lipinski definition) is 2. The maximum atomic E-state index is 4.84. The fourth-order valence-corrected chi connectivity index (χ4v) is 2.81. The minimum atomic E-state index is 0.453. The van der Waals surface area contributed by atoms with E-state index in [1.165, 1.54) is 22.1 Å². The van der Waals surface area contributed by atoms with E-state index in [0.29, 0.717) is 5.92 Å². The standard InChI is InChI=1S/C16H22N2/c1-8(2)14-12(6)17-13(7)15-10(4)9(3)11(5)18-16(14)15/h8H,1-7H3. The average Bonchev–Trinajstić information content (AvgIpc) is 2.24. The van der Waals surface area contributed by atoms with Crippen LogP contribution in [0.4, 0.5) is 0 Å². The Morgan fingerprint density at radius 2 is 1.33 bits per heavy atom. The molecule has 0 saturated carbocycles. The zero-order valence-corrected chi connectivity index (χ0v) is 12.5. The number of aromatic nitrogens is 2. The number of aryl methyl sites for hydroxylation is 4. The number of rotatable bonds is 1. The number of pyridine rings is 2. The van der Waals surface area contributed by atoms with Gasteiger partial charge in [0.15, 0.2) is 0 Å². The van der Waals surface area contributed by atoms with Gasteiger partial charge in [-0.05, 0) is 51.7 Å². The van der Waals surface area contributed by atoms with Crippen LogP contribution < -0.4 is 0 Å². The molecule has 0 radical (unpaired) electrons. The van der Waals surface area contributed by atoms with Crippen molar-refractivity contribution < 1.29 is 0 Å². The molecule has 2 aromatic heterocycles. The van der Waals surface area contributed by atoms with Crippen molar-refractivity contribution in [2.24, 2.45) is 0 Å². The highest BCUT2D eigenvalue weighted by molar-refractivity contribution is 5.89. The van der Waals surface area contributed by atoms with Crippen LogP contribution in [0.25, 0.3) is 10.9 Å². The molecule has 2 nitrogen and oxygen atoms in total. The smallest absolute Gasteiger partial charge is 0.0778 e. The van der Waals surface area contributed by atoms with Gasteiger partial charge in [0, 0.05) is 28.0 Å². The summed E-state index contributed by atoms with van der Waals surface area (Å²) in [6.07, 6.45) is 0. The van der Waals surface area contributed by atoms with Crippen molar-refractivity contribution in [2.45, 2.75) is 54.4 Å². The number of fused-ring (bicyclic) bond motifs is 1. The van der Waals surface area contributed by atoms with E-state index in [4.69, 9.17) is 9.97 Å². The second-order valence-electron chi connectivity index (χ2n) is 5.52. The highest BCUT2D eigenvalue weighted by Crippen LogP contribution is 2.31. The molecular formula is C16H22N2. The lowest BCUT2D eigenvalue weighted by molar-refractivity contribution is 0.846. The van der Waals surface area contributed by atoms with E-state index >= 15 is 0 Å². The van der Waals surface area contributed by atoms with Crippen molar-refractivity contribution in [3.8, 4) is 0 Å². The highest BCUT2D eigenvalue weighted by Gasteiger charge is 2.16. The Hall–Kier alpha value is -1.44. The Bertz CT molecular complexity index is 625. The molecule has 2 aromatic rings. The Balaban J connectivity index is 3.04. The molecule has 2 heterocycles. The molecule has 2 heteroatoms. The fourth-order valence-electron chi connectivity index (χ4n) is 2.81. The largest absolute Gasteiger partial charge is 0.257 e. The molecule has 0 aliphatic carbocycles. The van der Waals surface area contributed by atoms with Crippen molar-refractivity contribution >= 4 is 10.9 Å². The second kappa shape index (κ2) is 4.34. The summed E-state index contributed by atoms with van der Waals surface area (Å²) >= 11 is 0. The summed E-state index contributed by atoms with van der Waals surface area (Å²) < 4.78 is 0. The van der Waals surface area contributed by atoms with Crippen LogP contribution in [0.3, 0.4) is 0 Å². The molecule has 0 aliphatic rings. The summed E-state index contributed by atoms with van der Waals surface area (Å²) in [5.41, 5.74) is 8.39. The lowest BCUT2D eigenvalue weighted by Gasteiger charge is -2.17. The van der Waals surface area contributed by atoms with Crippen LogP contribution >= 0.6 is 0 Å². The molecule has 0 spiro atoms. The van der Waals surface area contributed by atoms with Crippen LogP contribution in [-0.4, -0.2) is 9.97 Å². The van der Waals surface area contributed by atoms with Crippen LogP contribution in [0, 0.1) is 34.6 Å². The molecule has 96 valence electrons. The van der Waals surface area contributed by atoms with E-state index < -0.39 is 0 Å². The van der Waals surface area contributed by atoms with E-state index in [1.807, 2.05) is 0 Å². The molecule has 0 bridgehead atoms. The summed E-state index contributed by atoms with van der Waals surface area (Å²) in [6.45, 7) is 15.0. The summed E-state index contributed by atoms with van der Waals surface area (Å²) in [5, 5.41) is 1.24. The first-order chi connectivity index (χ1) is 8.34. The Morgan fingerprint density at radius 3 is 1.89 bits per heavy atom. The topological polar surface area (TPSA) is 25.8 Å². The van der Waals surface area contributed by atoms with Gasteiger partial charge in [-0.15, -0.1) is 0 Å². The molecular weight excluding hydrogens is 220 g/mol. The maximum Gasteiger partial charge on any atom is 0.0778 e. The van der Waals surface area contributed by atoms with Gasteiger partial charge < -0.3 is 0 Å². The molecule has 0 N–H and O–H groups in total. The minimum Gasteiger partial charge on any atom is -0.257 e. The first-order valence-electron chi connectivity index (χ1n) is 6.59. The van der Waals surface area contributed by atoms with E-state index in [2.05, 4.69) is 48.5 Å². The van der Waals surface area contributed by atoms with Crippen molar-refractivity contribution in [1.29, 1.82) is 0 Å². The Kier molecular flexibility index (Phi) is 3.14. The highest BCUT2D eigenvalue weighted by atomic mass is 14.8. The summed E-state index contributed by atoms with van der Waals surface area (Å²) in [6, 6.07) is 0. The third kappa shape index (κ3) is 1.80. The van der Waals surface area contributed by atoms with E-state index in [1.54, 1.807) is 0 Å². The van der Waals surface area contributed by atoms with Crippen LogP contribution in [0.2, 0.25) is 0 Å². The Labute approximate surface area is 109 Å². The fraction of sp³-hybridized carbons (Fsp3) is 0.500. The first-order valence-corrected chi connectivity index (χ1v) is 6.59. The van der Waals surface area contributed by atoms with Crippen molar-refractivity contribution in [2.75, 3.05) is 0 Å². The van der Waals surface area contributed by atoms with E-state index in [-0.39, 0.29) is 0 Å². The van der Waals surface area contributed by atoms with Gasteiger partial charge in [0.05, 0.1) is 5.52 Å². The monoisotopic (exact) mass is 242 g/mol. The summed E-state index contributed by atoms with van der Waals surface area (Å²) in [5.74, 6) is 0.453. The summed E-state index contributed by atoms with van der Waals surface area (Å²) in [4.78, 5) is 9.55. The van der Waals surface area contributed by atoms with Crippen molar-refractivity contribution in [3.63, 3.8) is 0 Å². The predicted octanol–water partition coefficient (Wildman–Crippen LogP) is 4.30. The maximum absolute atomic E-state index is 4.84. The van der Waals surface area contributed by atoms with Gasteiger partial charge in [-0.2, -0.15) is 0 Å². The third-order valence-electron chi connectivity index (χ3n) is 3.92. The van der Waals surface area contributed by atoms with Crippen LogP contribution in [0.15, 0.2) is 0 Å². The molecule has 0 aromatic carbocycles. The third-order valence-corrected chi connectivity index (χ3v) is 3.92. The molecule has 0 atom stereocenters. The zero-order valence-electron chi connectivity index (χ0n) is 12.5. The van der Waals surface area contributed by atoms with E-state index in [0.717, 1.165) is 22.6 Å². The summed E-state index contributed by atoms with van der Waals surface area (Å²) in [7, 11) is 0. The Morgan fingerprint density at radius 1 is 0.722 bits per heavy atom. The lowest BCUT2D eigenvalue weighted by atomic mass is 9.94. The second-order valence-corrected chi connectivity index (χ2v) is 5.52. The van der Waals surface area contributed by atoms with Gasteiger partial charge in [0.25, 0.3) is 0 Å². The van der Waals surface area contributed by atoms with Crippen molar-refractivity contribution in [1.82, 2.24) is 9.97 Å². The molecule has 0 unspecified atom stereocenters. The molecule has 0 amide bonds. The van der Waals surface area contributed by atoms with Gasteiger partial charge in [0.2, 0.25) is 0 Å².